The first-order valence-corrected chi connectivity index (χ1v) is 9.62. The third-order valence-corrected chi connectivity index (χ3v) is 4.79. The van der Waals surface area contributed by atoms with Gasteiger partial charge >= 0.3 is 5.97 Å². The number of nitrogens with one attached hydrogen (secondary N) is 1. The molecule has 27 heavy (non-hydrogen) atoms. The lowest BCUT2D eigenvalue weighted by Crippen LogP contribution is -1.98. The molecule has 0 aliphatic rings. The van der Waals surface area contributed by atoms with Crippen molar-refractivity contribution < 1.29 is 14.6 Å². The highest BCUT2D eigenvalue weighted by Gasteiger charge is 2.15. The van der Waals surface area contributed by atoms with Gasteiger partial charge in [0.05, 0.1) is 6.61 Å². The molecule has 1 aromatic heterocycles. The van der Waals surface area contributed by atoms with Crippen LogP contribution in [0.4, 0.5) is 0 Å². The lowest BCUT2D eigenvalue weighted by molar-refractivity contribution is -0.131. The van der Waals surface area contributed by atoms with Gasteiger partial charge in [0.25, 0.3) is 0 Å². The minimum atomic E-state index is -1.01. The van der Waals surface area contributed by atoms with Crippen LogP contribution in [-0.2, 0) is 11.2 Å². The first kappa shape index (κ1) is 19.0. The molecule has 0 amide bonds. The number of hydrogen-bond donors (Lipinski definition) is 2. The maximum absolute atomic E-state index is 11.8. The monoisotopic (exact) mass is 383 g/mol. The SMILES string of the molecule is CCCc1nc(S/C(=C/c2ccc(OCC)c3ccccc23)C(=O)O)n[nH]1. The average molecular weight is 383 g/mol. The van der Waals surface area contributed by atoms with Crippen LogP contribution in [0.5, 0.6) is 5.75 Å². The molecule has 3 aromatic rings. The number of carbonyl (C=O) groups is 1. The van der Waals surface area contributed by atoms with E-state index in [9.17, 15) is 9.90 Å². The van der Waals surface area contributed by atoms with E-state index in [1.807, 2.05) is 43.3 Å². The maximum Gasteiger partial charge on any atom is 0.342 e. The van der Waals surface area contributed by atoms with Gasteiger partial charge in [-0.2, -0.15) is 0 Å². The number of nitrogens with zero attached hydrogens (tertiary/aromatic N) is 2. The summed E-state index contributed by atoms with van der Waals surface area (Å²) in [7, 11) is 0. The third kappa shape index (κ3) is 4.49. The van der Waals surface area contributed by atoms with E-state index in [2.05, 4.69) is 22.1 Å². The number of aliphatic carboxylic acids is 1. The molecule has 0 fully saturated rings. The first-order chi connectivity index (χ1) is 13.1. The topological polar surface area (TPSA) is 88.1 Å². The van der Waals surface area contributed by atoms with Crippen molar-refractivity contribution in [3.8, 4) is 5.75 Å². The fourth-order valence-corrected chi connectivity index (χ4v) is 3.47. The smallest absolute Gasteiger partial charge is 0.342 e. The van der Waals surface area contributed by atoms with Crippen molar-refractivity contribution in [1.29, 1.82) is 0 Å². The molecule has 0 spiro atoms. The van der Waals surface area contributed by atoms with Crippen LogP contribution in [0, 0.1) is 0 Å². The van der Waals surface area contributed by atoms with Crippen molar-refractivity contribution in [1.82, 2.24) is 15.2 Å². The van der Waals surface area contributed by atoms with E-state index in [0.717, 1.165) is 52.5 Å². The zero-order valence-electron chi connectivity index (χ0n) is 15.2. The van der Waals surface area contributed by atoms with Crippen LogP contribution in [0.25, 0.3) is 16.8 Å². The van der Waals surface area contributed by atoms with Crippen molar-refractivity contribution in [3.05, 3.63) is 52.7 Å². The Morgan fingerprint density at radius 3 is 2.70 bits per heavy atom. The molecular formula is C20H21N3O3S. The average Bonchev–Trinajstić information content (AvgIpc) is 3.10. The van der Waals surface area contributed by atoms with Gasteiger partial charge in [0.15, 0.2) is 0 Å². The van der Waals surface area contributed by atoms with Crippen molar-refractivity contribution in [2.75, 3.05) is 6.61 Å². The Hall–Kier alpha value is -2.80. The lowest BCUT2D eigenvalue weighted by atomic mass is 10.0. The van der Waals surface area contributed by atoms with Crippen molar-refractivity contribution in [3.63, 3.8) is 0 Å². The number of carboxylic acids is 1. The number of aryl methyl sites for hydroxylation is 1. The lowest BCUT2D eigenvalue weighted by Gasteiger charge is -2.10. The summed E-state index contributed by atoms with van der Waals surface area (Å²) in [5.41, 5.74) is 0.809. The van der Waals surface area contributed by atoms with Crippen LogP contribution < -0.4 is 4.74 Å². The molecular weight excluding hydrogens is 362 g/mol. The highest BCUT2D eigenvalue weighted by molar-refractivity contribution is 8.04. The van der Waals surface area contributed by atoms with E-state index in [1.54, 1.807) is 6.08 Å². The Labute approximate surface area is 161 Å². The van der Waals surface area contributed by atoms with Crippen LogP contribution in [0.2, 0.25) is 0 Å². The standard InChI is InChI=1S/C20H21N3O3S/c1-3-7-18-21-20(23-22-18)27-17(19(24)25)12-13-10-11-16(26-4-2)15-9-6-5-8-14(13)15/h5-6,8-12H,3-4,7H2,1-2H3,(H,24,25)(H,21,22,23)/b17-12+. The second kappa shape index (κ2) is 8.73. The normalized spacial score (nSPS) is 11.7. The van der Waals surface area contributed by atoms with Crippen LogP contribution in [-0.4, -0.2) is 32.9 Å². The van der Waals surface area contributed by atoms with E-state index in [-0.39, 0.29) is 4.91 Å². The number of H-pyrrole nitrogens is 1. The quantitative estimate of drug-likeness (QED) is 0.439. The Bertz CT molecular complexity index is 982. The number of thioether (sulfide) groups is 1. The van der Waals surface area contributed by atoms with Crippen molar-refractivity contribution in [2.24, 2.45) is 0 Å². The molecule has 0 bridgehead atoms. The molecule has 3 rings (SSSR count). The van der Waals surface area contributed by atoms with Crippen LogP contribution in [0.1, 0.15) is 31.7 Å². The molecule has 0 radical (unpaired) electrons. The van der Waals surface area contributed by atoms with Gasteiger partial charge in [0, 0.05) is 11.8 Å². The van der Waals surface area contributed by atoms with Gasteiger partial charge in [-0.25, -0.2) is 9.78 Å². The second-order valence-corrected chi connectivity index (χ2v) is 6.87. The number of benzene rings is 2. The maximum atomic E-state index is 11.8. The van der Waals surface area contributed by atoms with Crippen molar-refractivity contribution >= 4 is 34.6 Å². The van der Waals surface area contributed by atoms with Gasteiger partial charge in [-0.15, -0.1) is 5.10 Å². The summed E-state index contributed by atoms with van der Waals surface area (Å²) in [5, 5.41) is 18.9. The van der Waals surface area contributed by atoms with Gasteiger partial charge < -0.3 is 9.84 Å². The molecule has 2 aromatic carbocycles. The molecule has 0 saturated carbocycles. The molecule has 2 N–H and O–H groups in total. The van der Waals surface area contributed by atoms with Crippen LogP contribution in [0.3, 0.4) is 0 Å². The minimum Gasteiger partial charge on any atom is -0.493 e. The van der Waals surface area contributed by atoms with E-state index in [4.69, 9.17) is 4.74 Å². The van der Waals surface area contributed by atoms with E-state index in [0.29, 0.717) is 11.8 Å². The predicted octanol–water partition coefficient (Wildman–Crippen LogP) is 4.53. The highest BCUT2D eigenvalue weighted by atomic mass is 32.2. The fourth-order valence-electron chi connectivity index (χ4n) is 2.75. The highest BCUT2D eigenvalue weighted by Crippen LogP contribution is 2.32. The Balaban J connectivity index is 1.98. The first-order valence-electron chi connectivity index (χ1n) is 8.81. The zero-order chi connectivity index (χ0) is 19.2. The number of ether oxygens (including phenoxy) is 1. The zero-order valence-corrected chi connectivity index (χ0v) is 16.0. The van der Waals surface area contributed by atoms with Gasteiger partial charge in [0.2, 0.25) is 5.16 Å². The summed E-state index contributed by atoms with van der Waals surface area (Å²) in [4.78, 5) is 16.3. The molecule has 0 unspecified atom stereocenters. The molecule has 140 valence electrons. The number of fused-ring (bicyclic) bond motifs is 1. The minimum absolute atomic E-state index is 0.159. The molecule has 0 aliphatic heterocycles. The predicted molar refractivity (Wildman–Crippen MR) is 107 cm³/mol. The number of rotatable bonds is 8. The van der Waals surface area contributed by atoms with E-state index < -0.39 is 5.97 Å². The summed E-state index contributed by atoms with van der Waals surface area (Å²) in [5.74, 6) is 0.531. The summed E-state index contributed by atoms with van der Waals surface area (Å²) in [6, 6.07) is 11.5. The van der Waals surface area contributed by atoms with Crippen molar-refractivity contribution in [2.45, 2.75) is 31.8 Å². The van der Waals surface area contributed by atoms with Gasteiger partial charge in [-0.05, 0) is 48.2 Å². The van der Waals surface area contributed by atoms with E-state index in [1.165, 1.54) is 0 Å². The van der Waals surface area contributed by atoms with Gasteiger partial charge in [0.1, 0.15) is 16.5 Å². The molecule has 1 heterocycles. The van der Waals surface area contributed by atoms with Gasteiger partial charge in [-0.3, -0.25) is 5.10 Å². The third-order valence-electron chi connectivity index (χ3n) is 3.91. The van der Waals surface area contributed by atoms with E-state index >= 15 is 0 Å². The van der Waals surface area contributed by atoms with Crippen LogP contribution >= 0.6 is 11.8 Å². The largest absolute Gasteiger partial charge is 0.493 e. The summed E-state index contributed by atoms with van der Waals surface area (Å²) < 4.78 is 5.68. The van der Waals surface area contributed by atoms with Crippen LogP contribution in [0.15, 0.2) is 46.5 Å². The second-order valence-electron chi connectivity index (χ2n) is 5.86. The summed E-state index contributed by atoms with van der Waals surface area (Å²) in [6.07, 6.45) is 3.38. The molecule has 7 heteroatoms. The Morgan fingerprint density at radius 1 is 1.22 bits per heavy atom. The molecule has 6 nitrogen and oxygen atoms in total. The Morgan fingerprint density at radius 2 is 2.00 bits per heavy atom. The molecule has 0 aliphatic carbocycles. The molecule has 0 atom stereocenters. The Kier molecular flexibility index (Phi) is 6.13. The fraction of sp³-hybridized carbons (Fsp3) is 0.250. The summed E-state index contributed by atoms with van der Waals surface area (Å²) in [6.45, 7) is 4.56. The number of aromatic amines is 1. The number of aromatic nitrogens is 3. The summed E-state index contributed by atoms with van der Waals surface area (Å²) >= 11 is 1.04. The molecule has 0 saturated heterocycles. The van der Waals surface area contributed by atoms with Gasteiger partial charge in [-0.1, -0.05) is 37.3 Å². The number of carboxylic acid groups (broad SMARTS) is 1. The number of hydrogen-bond acceptors (Lipinski definition) is 5.